The summed E-state index contributed by atoms with van der Waals surface area (Å²) >= 11 is 5.66. The number of carbonyl (C=O) groups is 2. The van der Waals surface area contributed by atoms with E-state index in [0.29, 0.717) is 17.8 Å². The number of amides is 2. The molecule has 0 heterocycles. The van der Waals surface area contributed by atoms with E-state index in [4.69, 9.17) is 11.6 Å². The third-order valence-electron chi connectivity index (χ3n) is 2.93. The molecule has 0 unspecified atom stereocenters. The number of rotatable bonds is 4. The summed E-state index contributed by atoms with van der Waals surface area (Å²) in [6.45, 7) is 2.26. The average Bonchev–Trinajstić information content (AvgIpc) is 2.47. The smallest absolute Gasteiger partial charge is 0.258 e. The Morgan fingerprint density at radius 3 is 2.50 bits per heavy atom. The summed E-state index contributed by atoms with van der Waals surface area (Å²) in [5.74, 6) is -1.68. The molecule has 0 aliphatic heterocycles. The van der Waals surface area contributed by atoms with Crippen molar-refractivity contribution in [3.05, 3.63) is 64.4 Å². The fraction of sp³-hybridized carbons (Fsp3) is 0.125. The van der Waals surface area contributed by atoms with Crippen LogP contribution in [0.25, 0.3) is 0 Å². The molecular formula is C16H14ClFN2O2. The lowest BCUT2D eigenvalue weighted by atomic mass is 10.1. The Hall–Kier alpha value is -2.40. The van der Waals surface area contributed by atoms with E-state index >= 15 is 0 Å². The molecule has 0 bridgehead atoms. The van der Waals surface area contributed by atoms with Gasteiger partial charge in [-0.3, -0.25) is 9.59 Å². The maximum absolute atomic E-state index is 13.8. The number of halogens is 2. The largest absolute Gasteiger partial charge is 0.352 e. The van der Waals surface area contributed by atoms with Gasteiger partial charge in [0, 0.05) is 11.6 Å². The molecule has 0 atom stereocenters. The summed E-state index contributed by atoms with van der Waals surface area (Å²) in [5.41, 5.74) is 0.481. The SMILES string of the molecule is CCNC(=O)c1ccccc1NC(=O)c1ccc(Cl)cc1F. The van der Waals surface area contributed by atoms with Gasteiger partial charge in [-0.1, -0.05) is 23.7 Å². The Kier molecular flexibility index (Phi) is 5.12. The van der Waals surface area contributed by atoms with Crippen molar-refractivity contribution in [2.75, 3.05) is 11.9 Å². The van der Waals surface area contributed by atoms with Crippen LogP contribution in [0.4, 0.5) is 10.1 Å². The third kappa shape index (κ3) is 3.62. The fourth-order valence-electron chi connectivity index (χ4n) is 1.91. The molecule has 0 aliphatic carbocycles. The Balaban J connectivity index is 2.27. The molecule has 114 valence electrons. The van der Waals surface area contributed by atoms with Crippen molar-refractivity contribution in [2.45, 2.75) is 6.92 Å². The van der Waals surface area contributed by atoms with Crippen LogP contribution in [-0.2, 0) is 0 Å². The molecule has 0 saturated carbocycles. The Morgan fingerprint density at radius 2 is 1.82 bits per heavy atom. The van der Waals surface area contributed by atoms with Gasteiger partial charge in [-0.2, -0.15) is 0 Å². The van der Waals surface area contributed by atoms with E-state index in [0.717, 1.165) is 6.07 Å². The van der Waals surface area contributed by atoms with Crippen LogP contribution in [0.3, 0.4) is 0 Å². The highest BCUT2D eigenvalue weighted by Crippen LogP contribution is 2.19. The number of para-hydroxylation sites is 1. The molecule has 0 aliphatic rings. The van der Waals surface area contributed by atoms with Gasteiger partial charge >= 0.3 is 0 Å². The Labute approximate surface area is 132 Å². The standard InChI is InChI=1S/C16H14ClFN2O2/c1-2-19-15(21)12-5-3-4-6-14(12)20-16(22)11-8-7-10(17)9-13(11)18/h3-9H,2H2,1H3,(H,19,21)(H,20,22). The summed E-state index contributed by atoms with van der Waals surface area (Å²) in [6.07, 6.45) is 0. The first-order valence-electron chi connectivity index (χ1n) is 6.66. The zero-order valence-corrected chi connectivity index (χ0v) is 12.6. The predicted octanol–water partition coefficient (Wildman–Crippen LogP) is 3.48. The molecule has 2 N–H and O–H groups in total. The number of nitrogens with one attached hydrogen (secondary N) is 2. The first-order chi connectivity index (χ1) is 10.5. The second-order valence-electron chi connectivity index (χ2n) is 4.48. The Morgan fingerprint density at radius 1 is 1.09 bits per heavy atom. The average molecular weight is 321 g/mol. The summed E-state index contributed by atoms with van der Waals surface area (Å²) in [7, 11) is 0. The molecule has 22 heavy (non-hydrogen) atoms. The van der Waals surface area contributed by atoms with Crippen molar-refractivity contribution in [3.63, 3.8) is 0 Å². The molecule has 0 aromatic heterocycles. The van der Waals surface area contributed by atoms with Crippen molar-refractivity contribution in [2.24, 2.45) is 0 Å². The van der Waals surface area contributed by atoms with Crippen molar-refractivity contribution in [1.82, 2.24) is 5.32 Å². The minimum absolute atomic E-state index is 0.143. The van der Waals surface area contributed by atoms with Crippen molar-refractivity contribution in [3.8, 4) is 0 Å². The van der Waals surface area contributed by atoms with Gasteiger partial charge in [0.2, 0.25) is 0 Å². The molecule has 2 rings (SSSR count). The van der Waals surface area contributed by atoms with Gasteiger partial charge in [-0.15, -0.1) is 0 Å². The molecule has 0 fully saturated rings. The van der Waals surface area contributed by atoms with Gasteiger partial charge in [0.15, 0.2) is 0 Å². The van der Waals surface area contributed by atoms with Crippen LogP contribution in [0.15, 0.2) is 42.5 Å². The zero-order valence-electron chi connectivity index (χ0n) is 11.8. The normalized spacial score (nSPS) is 10.1. The zero-order chi connectivity index (χ0) is 16.1. The molecule has 0 saturated heterocycles. The summed E-state index contributed by atoms with van der Waals surface area (Å²) < 4.78 is 13.8. The molecule has 0 spiro atoms. The fourth-order valence-corrected chi connectivity index (χ4v) is 2.07. The first-order valence-corrected chi connectivity index (χ1v) is 7.04. The van der Waals surface area contributed by atoms with E-state index < -0.39 is 11.7 Å². The highest BCUT2D eigenvalue weighted by Gasteiger charge is 2.16. The van der Waals surface area contributed by atoms with E-state index in [1.54, 1.807) is 31.2 Å². The van der Waals surface area contributed by atoms with E-state index in [9.17, 15) is 14.0 Å². The first kappa shape index (κ1) is 16.0. The lowest BCUT2D eigenvalue weighted by molar-refractivity contribution is 0.0956. The number of anilines is 1. The van der Waals surface area contributed by atoms with Crippen molar-refractivity contribution < 1.29 is 14.0 Å². The van der Waals surface area contributed by atoms with Crippen LogP contribution < -0.4 is 10.6 Å². The summed E-state index contributed by atoms with van der Waals surface area (Å²) in [4.78, 5) is 24.1. The Bertz CT molecular complexity index is 719. The lowest BCUT2D eigenvalue weighted by Crippen LogP contribution is -2.25. The van der Waals surface area contributed by atoms with Gasteiger partial charge in [-0.25, -0.2) is 4.39 Å². The third-order valence-corrected chi connectivity index (χ3v) is 3.17. The van der Waals surface area contributed by atoms with Crippen LogP contribution in [0.1, 0.15) is 27.6 Å². The second kappa shape index (κ2) is 7.04. The number of hydrogen-bond donors (Lipinski definition) is 2. The van der Waals surface area contributed by atoms with E-state index in [1.165, 1.54) is 12.1 Å². The van der Waals surface area contributed by atoms with Gasteiger partial charge in [0.05, 0.1) is 16.8 Å². The lowest BCUT2D eigenvalue weighted by Gasteiger charge is -2.11. The highest BCUT2D eigenvalue weighted by atomic mass is 35.5. The van der Waals surface area contributed by atoms with Gasteiger partial charge in [-0.05, 0) is 37.3 Å². The summed E-state index contributed by atoms with van der Waals surface area (Å²) in [5, 5.41) is 5.40. The van der Waals surface area contributed by atoms with Crippen LogP contribution in [0.2, 0.25) is 5.02 Å². The van der Waals surface area contributed by atoms with Crippen LogP contribution in [0.5, 0.6) is 0 Å². The molecule has 2 aromatic carbocycles. The molecule has 4 nitrogen and oxygen atoms in total. The maximum Gasteiger partial charge on any atom is 0.258 e. The molecule has 2 aromatic rings. The van der Waals surface area contributed by atoms with Gasteiger partial charge in [0.1, 0.15) is 5.82 Å². The molecule has 6 heteroatoms. The predicted molar refractivity (Wildman–Crippen MR) is 83.8 cm³/mol. The molecule has 2 amide bonds. The second-order valence-corrected chi connectivity index (χ2v) is 4.92. The quantitative estimate of drug-likeness (QED) is 0.906. The van der Waals surface area contributed by atoms with Crippen molar-refractivity contribution >= 4 is 29.1 Å². The van der Waals surface area contributed by atoms with E-state index in [2.05, 4.69) is 10.6 Å². The van der Waals surface area contributed by atoms with E-state index in [1.807, 2.05) is 0 Å². The number of hydrogen-bond acceptors (Lipinski definition) is 2. The number of carbonyl (C=O) groups excluding carboxylic acids is 2. The minimum atomic E-state index is -0.722. The van der Waals surface area contributed by atoms with Crippen LogP contribution in [0, 0.1) is 5.82 Å². The van der Waals surface area contributed by atoms with Crippen molar-refractivity contribution in [1.29, 1.82) is 0 Å². The highest BCUT2D eigenvalue weighted by molar-refractivity contribution is 6.30. The molecule has 0 radical (unpaired) electrons. The summed E-state index contributed by atoms with van der Waals surface area (Å²) in [6, 6.07) is 10.3. The van der Waals surface area contributed by atoms with Gasteiger partial charge in [0.25, 0.3) is 11.8 Å². The number of benzene rings is 2. The van der Waals surface area contributed by atoms with Gasteiger partial charge < -0.3 is 10.6 Å². The van der Waals surface area contributed by atoms with E-state index in [-0.39, 0.29) is 16.5 Å². The minimum Gasteiger partial charge on any atom is -0.352 e. The molecular weight excluding hydrogens is 307 g/mol. The monoisotopic (exact) mass is 320 g/mol. The topological polar surface area (TPSA) is 58.2 Å². The van der Waals surface area contributed by atoms with Crippen LogP contribution >= 0.6 is 11.6 Å². The maximum atomic E-state index is 13.8. The van der Waals surface area contributed by atoms with Crippen LogP contribution in [-0.4, -0.2) is 18.4 Å².